The standard InChI is InChI=1S/C18H14N2O3/c1-23-18-12-14-7-2-4-8-15(14)19-16(18)11-10-13-6-3-5-9-17(13)20(21)22/h2-12H,1H3. The summed E-state index contributed by atoms with van der Waals surface area (Å²) in [7, 11) is 1.58. The number of rotatable bonds is 4. The molecule has 5 nitrogen and oxygen atoms in total. The first kappa shape index (κ1) is 14.7. The number of nitro groups is 1. The first-order valence-electron chi connectivity index (χ1n) is 7.04. The fourth-order valence-corrected chi connectivity index (χ4v) is 2.36. The second-order valence-corrected chi connectivity index (χ2v) is 4.92. The highest BCUT2D eigenvalue weighted by molar-refractivity contribution is 5.84. The van der Waals surface area contributed by atoms with E-state index in [1.165, 1.54) is 6.07 Å². The maximum Gasteiger partial charge on any atom is 0.276 e. The maximum atomic E-state index is 11.1. The van der Waals surface area contributed by atoms with Gasteiger partial charge < -0.3 is 4.74 Å². The number of nitrogens with zero attached hydrogens (tertiary/aromatic N) is 2. The molecule has 0 spiro atoms. The van der Waals surface area contributed by atoms with E-state index in [4.69, 9.17) is 4.74 Å². The predicted molar refractivity (Wildman–Crippen MR) is 90.3 cm³/mol. The molecule has 0 atom stereocenters. The molecule has 0 aliphatic carbocycles. The van der Waals surface area contributed by atoms with E-state index in [0.717, 1.165) is 10.9 Å². The summed E-state index contributed by atoms with van der Waals surface area (Å²) in [5, 5.41) is 12.0. The van der Waals surface area contributed by atoms with Gasteiger partial charge in [0.05, 0.1) is 23.1 Å². The number of ether oxygens (including phenoxy) is 1. The predicted octanol–water partition coefficient (Wildman–Crippen LogP) is 4.32. The number of benzene rings is 2. The topological polar surface area (TPSA) is 65.3 Å². The monoisotopic (exact) mass is 306 g/mol. The fourth-order valence-electron chi connectivity index (χ4n) is 2.36. The van der Waals surface area contributed by atoms with Gasteiger partial charge in [0.15, 0.2) is 0 Å². The Labute approximate surface area is 133 Å². The number of fused-ring (bicyclic) bond motifs is 1. The van der Waals surface area contributed by atoms with Gasteiger partial charge in [0.1, 0.15) is 11.4 Å². The first-order valence-corrected chi connectivity index (χ1v) is 7.04. The van der Waals surface area contributed by atoms with Crippen molar-refractivity contribution in [2.75, 3.05) is 7.11 Å². The lowest BCUT2D eigenvalue weighted by Crippen LogP contribution is -1.92. The molecule has 0 saturated heterocycles. The molecule has 3 rings (SSSR count). The van der Waals surface area contributed by atoms with E-state index in [0.29, 0.717) is 17.0 Å². The Morgan fingerprint density at radius 3 is 2.61 bits per heavy atom. The van der Waals surface area contributed by atoms with Gasteiger partial charge in [0.25, 0.3) is 5.69 Å². The lowest BCUT2D eigenvalue weighted by molar-refractivity contribution is -0.385. The van der Waals surface area contributed by atoms with Crippen molar-refractivity contribution in [1.29, 1.82) is 0 Å². The average Bonchev–Trinajstić information content (AvgIpc) is 2.59. The molecule has 3 aromatic rings. The SMILES string of the molecule is COc1cc2ccccc2nc1C=Cc1ccccc1[N+](=O)[O-]. The Hall–Kier alpha value is -3.21. The molecule has 0 aliphatic rings. The Morgan fingerprint density at radius 2 is 1.83 bits per heavy atom. The Kier molecular flexibility index (Phi) is 4.01. The molecule has 2 aromatic carbocycles. The molecule has 1 aromatic heterocycles. The minimum absolute atomic E-state index is 0.0588. The van der Waals surface area contributed by atoms with Crippen LogP contribution in [0.5, 0.6) is 5.75 Å². The summed E-state index contributed by atoms with van der Waals surface area (Å²) in [4.78, 5) is 15.2. The van der Waals surface area contributed by atoms with Gasteiger partial charge >= 0.3 is 0 Å². The van der Waals surface area contributed by atoms with E-state index < -0.39 is 4.92 Å². The Bertz CT molecular complexity index is 904. The normalized spacial score (nSPS) is 11.0. The van der Waals surface area contributed by atoms with Crippen LogP contribution in [0.4, 0.5) is 5.69 Å². The Morgan fingerprint density at radius 1 is 1.09 bits per heavy atom. The summed E-state index contributed by atoms with van der Waals surface area (Å²) < 4.78 is 5.37. The number of methoxy groups -OCH3 is 1. The summed E-state index contributed by atoms with van der Waals surface area (Å²) in [6.07, 6.45) is 3.41. The lowest BCUT2D eigenvalue weighted by Gasteiger charge is -2.06. The van der Waals surface area contributed by atoms with Crippen LogP contribution in [0.1, 0.15) is 11.3 Å². The minimum Gasteiger partial charge on any atom is -0.494 e. The second kappa shape index (κ2) is 6.27. The number of nitro benzene ring substituents is 1. The first-order chi connectivity index (χ1) is 11.2. The van der Waals surface area contributed by atoms with Crippen LogP contribution in [0.2, 0.25) is 0 Å². The zero-order chi connectivity index (χ0) is 16.2. The van der Waals surface area contributed by atoms with Crippen molar-refractivity contribution >= 4 is 28.7 Å². The highest BCUT2D eigenvalue weighted by Crippen LogP contribution is 2.26. The van der Waals surface area contributed by atoms with Crippen molar-refractivity contribution in [3.05, 3.63) is 76.0 Å². The van der Waals surface area contributed by atoms with E-state index in [2.05, 4.69) is 4.98 Å². The third-order valence-electron chi connectivity index (χ3n) is 3.49. The summed E-state index contributed by atoms with van der Waals surface area (Å²) in [6.45, 7) is 0. The summed E-state index contributed by atoms with van der Waals surface area (Å²) in [5.41, 5.74) is 2.05. The van der Waals surface area contributed by atoms with E-state index in [1.54, 1.807) is 37.5 Å². The van der Waals surface area contributed by atoms with E-state index >= 15 is 0 Å². The molecular formula is C18H14N2O3. The van der Waals surface area contributed by atoms with E-state index in [1.807, 2.05) is 30.3 Å². The molecule has 114 valence electrons. The summed E-state index contributed by atoms with van der Waals surface area (Å²) >= 11 is 0. The van der Waals surface area contributed by atoms with Crippen molar-refractivity contribution in [2.45, 2.75) is 0 Å². The van der Waals surface area contributed by atoms with Gasteiger partial charge in [-0.15, -0.1) is 0 Å². The number of aromatic nitrogens is 1. The molecule has 5 heteroatoms. The minimum atomic E-state index is -0.398. The van der Waals surface area contributed by atoms with Crippen LogP contribution in [0, 0.1) is 10.1 Å². The lowest BCUT2D eigenvalue weighted by atomic mass is 10.1. The molecular weight excluding hydrogens is 292 g/mol. The summed E-state index contributed by atoms with van der Waals surface area (Å²) in [5.74, 6) is 0.624. The third kappa shape index (κ3) is 3.03. The molecule has 0 amide bonds. The van der Waals surface area contributed by atoms with Gasteiger partial charge in [-0.25, -0.2) is 4.98 Å². The van der Waals surface area contributed by atoms with Crippen LogP contribution in [-0.4, -0.2) is 17.0 Å². The molecule has 0 N–H and O–H groups in total. The molecule has 0 aliphatic heterocycles. The van der Waals surface area contributed by atoms with Crippen molar-refractivity contribution in [1.82, 2.24) is 4.98 Å². The third-order valence-corrected chi connectivity index (χ3v) is 3.49. The van der Waals surface area contributed by atoms with Crippen molar-refractivity contribution in [3.8, 4) is 5.75 Å². The molecule has 1 heterocycles. The van der Waals surface area contributed by atoms with Crippen LogP contribution < -0.4 is 4.74 Å². The zero-order valence-electron chi connectivity index (χ0n) is 12.5. The highest BCUT2D eigenvalue weighted by Gasteiger charge is 2.10. The molecule has 0 radical (unpaired) electrons. The number of hydrogen-bond donors (Lipinski definition) is 0. The largest absolute Gasteiger partial charge is 0.494 e. The van der Waals surface area contributed by atoms with Crippen LogP contribution >= 0.6 is 0 Å². The molecule has 0 bridgehead atoms. The van der Waals surface area contributed by atoms with Crippen molar-refractivity contribution in [2.24, 2.45) is 0 Å². The number of para-hydroxylation sites is 2. The smallest absolute Gasteiger partial charge is 0.276 e. The van der Waals surface area contributed by atoms with Crippen LogP contribution in [0.3, 0.4) is 0 Å². The fraction of sp³-hybridized carbons (Fsp3) is 0.0556. The van der Waals surface area contributed by atoms with Gasteiger partial charge in [-0.3, -0.25) is 10.1 Å². The average molecular weight is 306 g/mol. The molecule has 0 unspecified atom stereocenters. The second-order valence-electron chi connectivity index (χ2n) is 4.92. The Balaban J connectivity index is 2.06. The van der Waals surface area contributed by atoms with E-state index in [-0.39, 0.29) is 5.69 Å². The van der Waals surface area contributed by atoms with Crippen LogP contribution in [0.25, 0.3) is 23.1 Å². The quantitative estimate of drug-likeness (QED) is 0.532. The van der Waals surface area contributed by atoms with Gasteiger partial charge in [0.2, 0.25) is 0 Å². The number of pyridine rings is 1. The van der Waals surface area contributed by atoms with Crippen molar-refractivity contribution < 1.29 is 9.66 Å². The highest BCUT2D eigenvalue weighted by atomic mass is 16.6. The summed E-state index contributed by atoms with van der Waals surface area (Å²) in [6, 6.07) is 16.2. The van der Waals surface area contributed by atoms with Crippen LogP contribution in [-0.2, 0) is 0 Å². The maximum absolute atomic E-state index is 11.1. The molecule has 0 saturated carbocycles. The van der Waals surface area contributed by atoms with Gasteiger partial charge in [-0.1, -0.05) is 30.3 Å². The van der Waals surface area contributed by atoms with Crippen LogP contribution in [0.15, 0.2) is 54.6 Å². The molecule has 0 fully saturated rings. The van der Waals surface area contributed by atoms with Gasteiger partial charge in [-0.05, 0) is 30.4 Å². The zero-order valence-corrected chi connectivity index (χ0v) is 12.5. The van der Waals surface area contributed by atoms with Gasteiger partial charge in [-0.2, -0.15) is 0 Å². The van der Waals surface area contributed by atoms with Crippen molar-refractivity contribution in [3.63, 3.8) is 0 Å². The number of hydrogen-bond acceptors (Lipinski definition) is 4. The van der Waals surface area contributed by atoms with E-state index in [9.17, 15) is 10.1 Å². The van der Waals surface area contributed by atoms with Gasteiger partial charge in [0, 0.05) is 11.5 Å². The molecule has 23 heavy (non-hydrogen) atoms.